The number of phenols is 1. The summed E-state index contributed by atoms with van der Waals surface area (Å²) in [5.74, 6) is -0.191. The summed E-state index contributed by atoms with van der Waals surface area (Å²) in [5, 5.41) is 18.5. The number of aromatic amines is 2. The number of likely N-dealkylation sites (N-methyl/N-ethyl adjacent to an activating group) is 1. The van der Waals surface area contributed by atoms with E-state index < -0.39 is 5.82 Å². The number of aromatic nitrogens is 4. The first-order valence-electron chi connectivity index (χ1n) is 14.3. The van der Waals surface area contributed by atoms with Crippen LogP contribution < -0.4 is 0 Å². The van der Waals surface area contributed by atoms with Crippen molar-refractivity contribution >= 4 is 10.9 Å². The molecule has 210 valence electrons. The van der Waals surface area contributed by atoms with E-state index in [1.807, 2.05) is 25.1 Å². The zero-order valence-electron chi connectivity index (χ0n) is 23.6. The van der Waals surface area contributed by atoms with Crippen LogP contribution in [0.15, 0.2) is 42.6 Å². The van der Waals surface area contributed by atoms with Gasteiger partial charge in [0.1, 0.15) is 5.69 Å². The molecule has 1 fully saturated rings. The smallest absolute Gasteiger partial charge is 0.165 e. The minimum absolute atomic E-state index is 0.221. The van der Waals surface area contributed by atoms with Gasteiger partial charge < -0.3 is 15.0 Å². The third kappa shape index (κ3) is 4.77. The third-order valence-electron chi connectivity index (χ3n) is 8.55. The zero-order chi connectivity index (χ0) is 28.0. The van der Waals surface area contributed by atoms with Crippen LogP contribution in [0.2, 0.25) is 0 Å². The summed E-state index contributed by atoms with van der Waals surface area (Å²) in [4.78, 5) is 15.9. The Labute approximate surface area is 234 Å². The van der Waals surface area contributed by atoms with Crippen LogP contribution in [0.3, 0.4) is 0 Å². The molecule has 2 aliphatic rings. The van der Waals surface area contributed by atoms with Crippen molar-refractivity contribution < 1.29 is 9.50 Å². The highest BCUT2D eigenvalue weighted by atomic mass is 19.1. The first kappa shape index (κ1) is 26.5. The molecule has 2 aliphatic heterocycles. The largest absolute Gasteiger partial charge is 0.505 e. The SMILES string of the molecule is C=C(C1Cc2nc(-c3n[nH]c4cc(-c5cc(F)c(O)cc5CC)ccc34)[nH]c2CN1C)N1CCN(CCC)CC1. The average Bonchev–Trinajstić information content (AvgIpc) is 3.57. The Morgan fingerprint density at radius 1 is 1.15 bits per heavy atom. The third-order valence-corrected chi connectivity index (χ3v) is 8.55. The summed E-state index contributed by atoms with van der Waals surface area (Å²) in [7, 11) is 2.16. The highest BCUT2D eigenvalue weighted by Gasteiger charge is 2.32. The number of nitrogens with zero attached hydrogens (tertiary/aromatic N) is 5. The van der Waals surface area contributed by atoms with Gasteiger partial charge in [0.25, 0.3) is 0 Å². The summed E-state index contributed by atoms with van der Waals surface area (Å²) in [5.41, 5.74) is 7.53. The molecule has 2 aromatic heterocycles. The molecule has 1 saturated heterocycles. The number of fused-ring (bicyclic) bond motifs is 2. The molecular formula is C31H38FN7O. The Balaban J connectivity index is 1.23. The van der Waals surface area contributed by atoms with Crippen molar-refractivity contribution in [2.45, 2.75) is 45.7 Å². The van der Waals surface area contributed by atoms with Crippen LogP contribution in [0.4, 0.5) is 4.39 Å². The number of aromatic hydroxyl groups is 1. The van der Waals surface area contributed by atoms with Crippen molar-refractivity contribution in [2.75, 3.05) is 39.8 Å². The van der Waals surface area contributed by atoms with E-state index >= 15 is 0 Å². The normalized spacial score (nSPS) is 18.4. The number of imidazole rings is 1. The first-order chi connectivity index (χ1) is 19.4. The molecule has 40 heavy (non-hydrogen) atoms. The van der Waals surface area contributed by atoms with Gasteiger partial charge in [-0.25, -0.2) is 9.37 Å². The van der Waals surface area contributed by atoms with Crippen molar-refractivity contribution in [2.24, 2.45) is 0 Å². The maximum Gasteiger partial charge on any atom is 0.165 e. The van der Waals surface area contributed by atoms with Crippen molar-refractivity contribution in [1.82, 2.24) is 34.9 Å². The van der Waals surface area contributed by atoms with Crippen LogP contribution in [0.1, 0.15) is 37.2 Å². The molecule has 3 N–H and O–H groups in total. The van der Waals surface area contributed by atoms with Crippen LogP contribution in [0, 0.1) is 5.82 Å². The van der Waals surface area contributed by atoms with E-state index in [1.165, 1.54) is 30.8 Å². The lowest BCUT2D eigenvalue weighted by Crippen LogP contribution is -2.50. The second kappa shape index (κ2) is 10.7. The Bertz CT molecular complexity index is 1550. The molecule has 8 nitrogen and oxygen atoms in total. The van der Waals surface area contributed by atoms with Crippen LogP contribution in [0.25, 0.3) is 33.5 Å². The van der Waals surface area contributed by atoms with Crippen LogP contribution in [0.5, 0.6) is 5.75 Å². The van der Waals surface area contributed by atoms with E-state index in [0.29, 0.717) is 6.42 Å². The van der Waals surface area contributed by atoms with Crippen LogP contribution >= 0.6 is 0 Å². The molecule has 4 heterocycles. The highest BCUT2D eigenvalue weighted by Crippen LogP contribution is 2.34. The van der Waals surface area contributed by atoms with Gasteiger partial charge in [0, 0.05) is 50.2 Å². The number of phenolic OH excluding ortho intramolecular Hbond substituents is 1. The van der Waals surface area contributed by atoms with Gasteiger partial charge in [-0.15, -0.1) is 0 Å². The summed E-state index contributed by atoms with van der Waals surface area (Å²) in [6.07, 6.45) is 2.70. The molecule has 0 aliphatic carbocycles. The van der Waals surface area contributed by atoms with E-state index in [4.69, 9.17) is 4.98 Å². The van der Waals surface area contributed by atoms with Crippen molar-refractivity contribution in [3.05, 3.63) is 65.4 Å². The summed E-state index contributed by atoms with van der Waals surface area (Å²) >= 11 is 0. The van der Waals surface area contributed by atoms with Crippen LogP contribution in [-0.4, -0.2) is 85.8 Å². The van der Waals surface area contributed by atoms with E-state index in [9.17, 15) is 9.50 Å². The Morgan fingerprint density at radius 3 is 2.70 bits per heavy atom. The Kier molecular flexibility index (Phi) is 7.10. The van der Waals surface area contributed by atoms with Gasteiger partial charge in [0.2, 0.25) is 0 Å². The summed E-state index contributed by atoms with van der Waals surface area (Å²) in [6.45, 7) is 14.9. The molecule has 0 amide bonds. The van der Waals surface area contributed by atoms with E-state index in [1.54, 1.807) is 0 Å². The van der Waals surface area contributed by atoms with Gasteiger partial charge in [0.05, 0.1) is 22.9 Å². The lowest BCUT2D eigenvalue weighted by atomic mass is 9.96. The molecular weight excluding hydrogens is 505 g/mol. The standard InChI is InChI=1S/C31H38FN7O/c1-5-9-38-10-12-39(13-11-38)19(3)28-17-26-27(18-37(28)4)34-31(33-26)30-22-8-7-21(14-25(22)35-36-30)23-16-24(32)29(40)15-20(23)6-2/h7-8,14-16,28,40H,3,5-6,9-13,17-18H2,1-2,4H3,(H,33,34)(H,35,36). The fraction of sp³-hybridized carbons (Fsp3) is 0.419. The van der Waals surface area contributed by atoms with Crippen molar-refractivity contribution in [3.8, 4) is 28.4 Å². The lowest BCUT2D eigenvalue weighted by Gasteiger charge is -2.42. The summed E-state index contributed by atoms with van der Waals surface area (Å²) in [6, 6.07) is 9.09. The zero-order valence-corrected chi connectivity index (χ0v) is 23.6. The molecule has 0 bridgehead atoms. The predicted molar refractivity (Wildman–Crippen MR) is 157 cm³/mol. The Hall–Kier alpha value is -3.69. The number of hydrogen-bond donors (Lipinski definition) is 3. The average molecular weight is 544 g/mol. The number of aryl methyl sites for hydroxylation is 1. The van der Waals surface area contributed by atoms with Crippen LogP contribution in [-0.2, 0) is 19.4 Å². The number of nitrogens with one attached hydrogen (secondary N) is 2. The second-order valence-corrected chi connectivity index (χ2v) is 11.1. The predicted octanol–water partition coefficient (Wildman–Crippen LogP) is 4.92. The van der Waals surface area contributed by atoms with E-state index in [-0.39, 0.29) is 11.8 Å². The minimum Gasteiger partial charge on any atom is -0.505 e. The van der Waals surface area contributed by atoms with E-state index in [2.05, 4.69) is 50.4 Å². The number of halogens is 1. The van der Waals surface area contributed by atoms with Gasteiger partial charge in [-0.3, -0.25) is 14.9 Å². The highest BCUT2D eigenvalue weighted by molar-refractivity contribution is 5.94. The van der Waals surface area contributed by atoms with Crippen molar-refractivity contribution in [1.29, 1.82) is 0 Å². The lowest BCUT2D eigenvalue weighted by molar-refractivity contribution is 0.129. The van der Waals surface area contributed by atoms with Gasteiger partial charge in [0.15, 0.2) is 17.4 Å². The molecule has 0 radical (unpaired) electrons. The molecule has 4 aromatic rings. The topological polar surface area (TPSA) is 87.3 Å². The number of piperazine rings is 1. The first-order valence-corrected chi connectivity index (χ1v) is 14.3. The molecule has 2 aromatic carbocycles. The van der Waals surface area contributed by atoms with Gasteiger partial charge >= 0.3 is 0 Å². The second-order valence-electron chi connectivity index (χ2n) is 11.1. The Morgan fingerprint density at radius 2 is 1.95 bits per heavy atom. The molecule has 6 rings (SSSR count). The molecule has 1 atom stereocenters. The molecule has 0 spiro atoms. The van der Waals surface area contributed by atoms with Gasteiger partial charge in [-0.05, 0) is 67.4 Å². The van der Waals surface area contributed by atoms with Gasteiger partial charge in [-0.1, -0.05) is 26.5 Å². The number of H-pyrrole nitrogens is 2. The van der Waals surface area contributed by atoms with Crippen molar-refractivity contribution in [3.63, 3.8) is 0 Å². The number of benzene rings is 2. The molecule has 9 heteroatoms. The fourth-order valence-corrected chi connectivity index (χ4v) is 6.25. The fourth-order valence-electron chi connectivity index (χ4n) is 6.25. The van der Waals surface area contributed by atoms with E-state index in [0.717, 1.165) is 89.6 Å². The molecule has 0 saturated carbocycles. The monoisotopic (exact) mass is 543 g/mol. The van der Waals surface area contributed by atoms with Gasteiger partial charge in [-0.2, -0.15) is 5.10 Å². The number of hydrogen-bond acceptors (Lipinski definition) is 6. The maximum atomic E-state index is 14.2. The maximum absolute atomic E-state index is 14.2. The number of rotatable bonds is 7. The summed E-state index contributed by atoms with van der Waals surface area (Å²) < 4.78 is 14.2. The minimum atomic E-state index is -0.622. The molecule has 1 unspecified atom stereocenters. The quantitative estimate of drug-likeness (QED) is 0.307.